The number of rotatable bonds is 7. The number of pyridine rings is 3. The van der Waals surface area contributed by atoms with Crippen LogP contribution in [0.2, 0.25) is 0 Å². The first-order valence-electron chi connectivity index (χ1n) is 9.60. The summed E-state index contributed by atoms with van der Waals surface area (Å²) >= 11 is 0. The maximum Gasteiger partial charge on any atom is 0.177 e. The van der Waals surface area contributed by atoms with Crippen LogP contribution in [0.5, 0.6) is 0 Å². The van der Waals surface area contributed by atoms with E-state index in [-0.39, 0.29) is 4.90 Å². The van der Waals surface area contributed by atoms with Crippen LogP contribution in [-0.4, -0.2) is 29.6 Å². The summed E-state index contributed by atoms with van der Waals surface area (Å²) in [5.74, 6) is 0.580. The average Bonchev–Trinajstić information content (AvgIpc) is 2.79. The number of sulfone groups is 1. The molecule has 4 aromatic rings. The van der Waals surface area contributed by atoms with Crippen LogP contribution in [0.15, 0.2) is 96.5 Å². The van der Waals surface area contributed by atoms with Gasteiger partial charge in [0, 0.05) is 30.4 Å². The van der Waals surface area contributed by atoms with Crippen molar-refractivity contribution < 1.29 is 8.42 Å². The van der Waals surface area contributed by atoms with Gasteiger partial charge in [0.05, 0.1) is 40.9 Å². The fourth-order valence-corrected chi connectivity index (χ4v) is 4.07. The van der Waals surface area contributed by atoms with Crippen LogP contribution in [0.4, 0.5) is 22.9 Å². The van der Waals surface area contributed by atoms with Gasteiger partial charge in [0.1, 0.15) is 5.82 Å². The van der Waals surface area contributed by atoms with Crippen LogP contribution in [0, 0.1) is 0 Å². The molecule has 0 aliphatic heterocycles. The Morgan fingerprint density at radius 2 is 1.48 bits per heavy atom. The van der Waals surface area contributed by atoms with E-state index in [1.54, 1.807) is 55.2 Å². The minimum atomic E-state index is -3.39. The van der Waals surface area contributed by atoms with Crippen molar-refractivity contribution in [2.24, 2.45) is 0 Å². The Hall–Kier alpha value is -3.78. The average molecular weight is 432 g/mol. The molecule has 7 nitrogen and oxygen atoms in total. The number of aromatic nitrogens is 3. The maximum absolute atomic E-state index is 12.2. The molecule has 8 heteroatoms. The van der Waals surface area contributed by atoms with Crippen LogP contribution >= 0.6 is 0 Å². The van der Waals surface area contributed by atoms with Crippen molar-refractivity contribution in [2.75, 3.05) is 16.5 Å². The molecule has 0 fully saturated rings. The Balaban J connectivity index is 1.72. The highest BCUT2D eigenvalue weighted by atomic mass is 32.2. The SMILES string of the molecule is CS(=O)(=O)c1ccccc1Nc1ncccc1CN(c1cccnc1)c1cccnc1. The Labute approximate surface area is 181 Å². The van der Waals surface area contributed by atoms with Gasteiger partial charge in [-0.15, -0.1) is 0 Å². The summed E-state index contributed by atoms with van der Waals surface area (Å²) in [5, 5.41) is 3.21. The minimum absolute atomic E-state index is 0.225. The lowest BCUT2D eigenvalue weighted by Gasteiger charge is -2.25. The first-order valence-corrected chi connectivity index (χ1v) is 11.5. The molecule has 1 N–H and O–H groups in total. The third kappa shape index (κ3) is 4.87. The van der Waals surface area contributed by atoms with Gasteiger partial charge in [-0.25, -0.2) is 13.4 Å². The molecule has 1 aromatic carbocycles. The molecule has 0 radical (unpaired) electrons. The summed E-state index contributed by atoms with van der Waals surface area (Å²) in [6.45, 7) is 0.481. The van der Waals surface area contributed by atoms with Crippen LogP contribution in [-0.2, 0) is 16.4 Å². The Morgan fingerprint density at radius 3 is 2.10 bits per heavy atom. The second-order valence-corrected chi connectivity index (χ2v) is 8.90. The van der Waals surface area contributed by atoms with E-state index in [4.69, 9.17) is 0 Å². The molecule has 0 amide bonds. The topological polar surface area (TPSA) is 88.1 Å². The molecule has 156 valence electrons. The summed E-state index contributed by atoms with van der Waals surface area (Å²) < 4.78 is 24.4. The first-order chi connectivity index (χ1) is 15.0. The summed E-state index contributed by atoms with van der Waals surface area (Å²) in [6.07, 6.45) is 9.89. The molecular weight excluding hydrogens is 410 g/mol. The lowest BCUT2D eigenvalue weighted by Crippen LogP contribution is -2.18. The van der Waals surface area contributed by atoms with E-state index < -0.39 is 9.84 Å². The van der Waals surface area contributed by atoms with Gasteiger partial charge < -0.3 is 10.2 Å². The number of hydrogen-bond acceptors (Lipinski definition) is 7. The van der Waals surface area contributed by atoms with E-state index in [1.807, 2.05) is 36.4 Å². The van der Waals surface area contributed by atoms with Gasteiger partial charge >= 0.3 is 0 Å². The van der Waals surface area contributed by atoms with Crippen molar-refractivity contribution in [3.05, 3.63) is 97.2 Å². The highest BCUT2D eigenvalue weighted by Crippen LogP contribution is 2.30. The standard InChI is InChI=1S/C23H21N5O2S/c1-31(29,30)22-11-3-2-10-21(22)27-23-18(7-4-14-26-23)17-28(19-8-5-12-24-15-19)20-9-6-13-25-16-20/h2-16H,17H2,1H3,(H,26,27). The fraction of sp³-hybridized carbons (Fsp3) is 0.0870. The van der Waals surface area contributed by atoms with Gasteiger partial charge in [-0.05, 0) is 42.5 Å². The molecule has 0 saturated carbocycles. The van der Waals surface area contributed by atoms with Crippen molar-refractivity contribution in [3.8, 4) is 0 Å². The Kier molecular flexibility index (Phi) is 5.90. The summed E-state index contributed by atoms with van der Waals surface area (Å²) in [7, 11) is -3.39. The maximum atomic E-state index is 12.2. The molecule has 31 heavy (non-hydrogen) atoms. The first kappa shape index (κ1) is 20.5. The van der Waals surface area contributed by atoms with Crippen molar-refractivity contribution >= 4 is 32.7 Å². The number of benzene rings is 1. The summed E-state index contributed by atoms with van der Waals surface area (Å²) in [5.41, 5.74) is 3.18. The van der Waals surface area contributed by atoms with E-state index in [9.17, 15) is 8.42 Å². The van der Waals surface area contributed by atoms with Gasteiger partial charge in [-0.3, -0.25) is 9.97 Å². The minimum Gasteiger partial charge on any atom is -0.339 e. The van der Waals surface area contributed by atoms with Gasteiger partial charge in [0.25, 0.3) is 0 Å². The zero-order valence-corrected chi connectivity index (χ0v) is 17.7. The van der Waals surface area contributed by atoms with E-state index in [0.29, 0.717) is 18.1 Å². The third-order valence-electron chi connectivity index (χ3n) is 4.67. The number of nitrogens with zero attached hydrogens (tertiary/aromatic N) is 4. The van der Waals surface area contributed by atoms with Crippen molar-refractivity contribution in [2.45, 2.75) is 11.4 Å². The van der Waals surface area contributed by atoms with Crippen molar-refractivity contribution in [1.82, 2.24) is 15.0 Å². The molecule has 3 heterocycles. The molecule has 4 rings (SSSR count). The number of para-hydroxylation sites is 1. The lowest BCUT2D eigenvalue weighted by molar-refractivity contribution is 0.602. The van der Waals surface area contributed by atoms with E-state index in [1.165, 1.54) is 6.26 Å². The van der Waals surface area contributed by atoms with Gasteiger partial charge in [0.2, 0.25) is 0 Å². The van der Waals surface area contributed by atoms with Gasteiger partial charge in [0.15, 0.2) is 9.84 Å². The zero-order chi connectivity index (χ0) is 21.7. The third-order valence-corrected chi connectivity index (χ3v) is 5.83. The Morgan fingerprint density at radius 1 is 0.839 bits per heavy atom. The molecule has 0 atom stereocenters. The second kappa shape index (κ2) is 8.93. The molecule has 0 spiro atoms. The van der Waals surface area contributed by atoms with Gasteiger partial charge in [-0.2, -0.15) is 0 Å². The molecule has 0 saturated heterocycles. The van der Waals surface area contributed by atoms with Crippen LogP contribution in [0.25, 0.3) is 0 Å². The molecule has 0 aliphatic rings. The van der Waals surface area contributed by atoms with Crippen LogP contribution in [0.1, 0.15) is 5.56 Å². The molecule has 0 bridgehead atoms. The summed E-state index contributed by atoms with van der Waals surface area (Å²) in [4.78, 5) is 15.3. The van der Waals surface area contributed by atoms with Crippen molar-refractivity contribution in [1.29, 1.82) is 0 Å². The molecule has 3 aromatic heterocycles. The number of anilines is 4. The quantitative estimate of drug-likeness (QED) is 0.465. The fourth-order valence-electron chi connectivity index (χ4n) is 3.23. The highest BCUT2D eigenvalue weighted by Gasteiger charge is 2.17. The molecular formula is C23H21N5O2S. The zero-order valence-electron chi connectivity index (χ0n) is 16.9. The van der Waals surface area contributed by atoms with Gasteiger partial charge in [-0.1, -0.05) is 18.2 Å². The van der Waals surface area contributed by atoms with E-state index in [0.717, 1.165) is 16.9 Å². The smallest absolute Gasteiger partial charge is 0.177 e. The van der Waals surface area contributed by atoms with Crippen LogP contribution in [0.3, 0.4) is 0 Å². The predicted molar refractivity (Wildman–Crippen MR) is 121 cm³/mol. The highest BCUT2D eigenvalue weighted by molar-refractivity contribution is 7.90. The second-order valence-electron chi connectivity index (χ2n) is 6.91. The monoisotopic (exact) mass is 431 g/mol. The van der Waals surface area contributed by atoms with Crippen LogP contribution < -0.4 is 10.2 Å². The normalized spacial score (nSPS) is 11.1. The largest absolute Gasteiger partial charge is 0.339 e. The molecule has 0 unspecified atom stereocenters. The summed E-state index contributed by atoms with van der Waals surface area (Å²) in [6, 6.07) is 18.3. The Bertz CT molecular complexity index is 1230. The number of nitrogens with one attached hydrogen (secondary N) is 1. The predicted octanol–water partition coefficient (Wildman–Crippen LogP) is 4.36. The van der Waals surface area contributed by atoms with E-state index >= 15 is 0 Å². The lowest BCUT2D eigenvalue weighted by atomic mass is 10.2. The number of hydrogen-bond donors (Lipinski definition) is 1. The van der Waals surface area contributed by atoms with E-state index in [2.05, 4.69) is 25.2 Å². The van der Waals surface area contributed by atoms with Crippen molar-refractivity contribution in [3.63, 3.8) is 0 Å². The molecule has 0 aliphatic carbocycles.